The first-order valence-electron chi connectivity index (χ1n) is 9.86. The molecule has 4 rings (SSSR count). The average Bonchev–Trinajstić information content (AvgIpc) is 2.70. The molecular weight excluding hydrogens is 386 g/mol. The molecule has 0 aromatic heterocycles. The summed E-state index contributed by atoms with van der Waals surface area (Å²) in [5.74, 6) is 0.0913. The first kappa shape index (κ1) is 19.7. The number of rotatable bonds is 4. The first-order valence-corrected chi connectivity index (χ1v) is 10.2. The Kier molecular flexibility index (Phi) is 5.69. The van der Waals surface area contributed by atoms with Gasteiger partial charge in [-0.05, 0) is 60.5 Å². The van der Waals surface area contributed by atoms with Gasteiger partial charge < -0.3 is 10.2 Å². The highest BCUT2D eigenvalue weighted by molar-refractivity contribution is 6.30. The minimum absolute atomic E-state index is 0.0207. The van der Waals surface area contributed by atoms with Crippen molar-refractivity contribution in [2.24, 2.45) is 0 Å². The molecule has 0 radical (unpaired) electrons. The molecule has 1 atom stereocenters. The van der Waals surface area contributed by atoms with Gasteiger partial charge in [0.05, 0.1) is 6.54 Å². The van der Waals surface area contributed by atoms with Gasteiger partial charge in [0, 0.05) is 48.5 Å². The van der Waals surface area contributed by atoms with Gasteiger partial charge in [0.15, 0.2) is 5.78 Å². The maximum absolute atomic E-state index is 12.6. The SMILES string of the molecule is C[C@@H]1CN(c2ccc(Cl)cc2)CCN1CC(=O)Nc1ccc2c(c1)C=CC(=O)C2. The third-order valence-electron chi connectivity index (χ3n) is 5.55. The second kappa shape index (κ2) is 8.39. The zero-order chi connectivity index (χ0) is 20.4. The van der Waals surface area contributed by atoms with Crippen LogP contribution in [0, 0.1) is 0 Å². The van der Waals surface area contributed by atoms with Crippen molar-refractivity contribution in [3.8, 4) is 0 Å². The van der Waals surface area contributed by atoms with Gasteiger partial charge in [-0.3, -0.25) is 14.5 Å². The van der Waals surface area contributed by atoms with Gasteiger partial charge >= 0.3 is 0 Å². The molecule has 2 aromatic carbocycles. The molecule has 5 nitrogen and oxygen atoms in total. The smallest absolute Gasteiger partial charge is 0.238 e. The molecule has 0 bridgehead atoms. The minimum atomic E-state index is -0.0207. The lowest BCUT2D eigenvalue weighted by Gasteiger charge is -2.40. The molecule has 1 amide bonds. The molecule has 150 valence electrons. The standard InChI is InChI=1S/C23H24ClN3O2/c1-16-14-27(21-7-4-19(24)5-8-21)11-10-26(16)15-23(29)25-20-6-2-18-13-22(28)9-3-17(18)12-20/h2-9,12,16H,10-11,13-15H2,1H3,(H,25,29)/t16-/m1/s1. The lowest BCUT2D eigenvalue weighted by molar-refractivity contribution is -0.118. The number of fused-ring (bicyclic) bond motifs is 1. The molecule has 1 heterocycles. The van der Waals surface area contributed by atoms with E-state index in [0.29, 0.717) is 13.0 Å². The molecule has 1 aliphatic heterocycles. The Bertz CT molecular complexity index is 955. The van der Waals surface area contributed by atoms with Gasteiger partial charge in [-0.2, -0.15) is 0 Å². The molecule has 1 aliphatic carbocycles. The number of halogens is 1. The Labute approximate surface area is 175 Å². The molecule has 6 heteroatoms. The average molecular weight is 410 g/mol. The van der Waals surface area contributed by atoms with E-state index in [0.717, 1.165) is 47.2 Å². The summed E-state index contributed by atoms with van der Waals surface area (Å²) in [4.78, 5) is 28.6. The van der Waals surface area contributed by atoms with Gasteiger partial charge in [0.2, 0.25) is 5.91 Å². The van der Waals surface area contributed by atoms with Crippen molar-refractivity contribution >= 4 is 40.7 Å². The van der Waals surface area contributed by atoms with Crippen LogP contribution in [0.4, 0.5) is 11.4 Å². The number of amides is 1. The summed E-state index contributed by atoms with van der Waals surface area (Å²) in [7, 11) is 0. The number of piperazine rings is 1. The van der Waals surface area contributed by atoms with Crippen molar-refractivity contribution < 1.29 is 9.59 Å². The van der Waals surface area contributed by atoms with E-state index < -0.39 is 0 Å². The van der Waals surface area contributed by atoms with E-state index >= 15 is 0 Å². The van der Waals surface area contributed by atoms with Crippen molar-refractivity contribution in [2.75, 3.05) is 36.4 Å². The van der Waals surface area contributed by atoms with Crippen LogP contribution < -0.4 is 10.2 Å². The van der Waals surface area contributed by atoms with Gasteiger partial charge in [-0.1, -0.05) is 23.7 Å². The lowest BCUT2D eigenvalue weighted by atomic mass is 9.96. The summed E-state index contributed by atoms with van der Waals surface area (Å²) in [5.41, 5.74) is 3.92. The number of hydrogen-bond donors (Lipinski definition) is 1. The fraction of sp³-hybridized carbons (Fsp3) is 0.304. The van der Waals surface area contributed by atoms with Crippen LogP contribution in [0.25, 0.3) is 6.08 Å². The molecule has 29 heavy (non-hydrogen) atoms. The zero-order valence-electron chi connectivity index (χ0n) is 16.4. The summed E-state index contributed by atoms with van der Waals surface area (Å²) in [6, 6.07) is 13.9. The van der Waals surface area contributed by atoms with Crippen LogP contribution >= 0.6 is 11.6 Å². The minimum Gasteiger partial charge on any atom is -0.369 e. The Morgan fingerprint density at radius 3 is 2.69 bits per heavy atom. The molecule has 2 aliphatic rings. The van der Waals surface area contributed by atoms with E-state index in [2.05, 4.69) is 22.0 Å². The second-order valence-corrected chi connectivity index (χ2v) is 8.12. The highest BCUT2D eigenvalue weighted by Crippen LogP contribution is 2.23. The van der Waals surface area contributed by atoms with E-state index in [1.807, 2.05) is 48.5 Å². The fourth-order valence-electron chi connectivity index (χ4n) is 3.92. The summed E-state index contributed by atoms with van der Waals surface area (Å²) < 4.78 is 0. The number of hydrogen-bond acceptors (Lipinski definition) is 4. The van der Waals surface area contributed by atoms with Crippen molar-refractivity contribution in [1.82, 2.24) is 4.90 Å². The van der Waals surface area contributed by atoms with Crippen molar-refractivity contribution in [1.29, 1.82) is 0 Å². The predicted molar refractivity (Wildman–Crippen MR) is 118 cm³/mol. The third-order valence-corrected chi connectivity index (χ3v) is 5.80. The highest BCUT2D eigenvalue weighted by atomic mass is 35.5. The summed E-state index contributed by atoms with van der Waals surface area (Å²) in [5, 5.41) is 3.73. The van der Waals surface area contributed by atoms with E-state index in [4.69, 9.17) is 11.6 Å². The van der Waals surface area contributed by atoms with Crippen LogP contribution in [0.5, 0.6) is 0 Å². The molecule has 0 saturated carbocycles. The molecule has 1 saturated heterocycles. The normalized spacial score (nSPS) is 19.2. The number of anilines is 2. The number of nitrogens with zero attached hydrogens (tertiary/aromatic N) is 2. The summed E-state index contributed by atoms with van der Waals surface area (Å²) in [6.07, 6.45) is 3.83. The summed E-state index contributed by atoms with van der Waals surface area (Å²) >= 11 is 5.98. The monoisotopic (exact) mass is 409 g/mol. The topological polar surface area (TPSA) is 52.6 Å². The van der Waals surface area contributed by atoms with Gasteiger partial charge in [-0.25, -0.2) is 0 Å². The summed E-state index contributed by atoms with van der Waals surface area (Å²) in [6.45, 7) is 5.08. The maximum Gasteiger partial charge on any atom is 0.238 e. The van der Waals surface area contributed by atoms with E-state index in [1.165, 1.54) is 0 Å². The zero-order valence-corrected chi connectivity index (χ0v) is 17.2. The first-order chi connectivity index (χ1) is 14.0. The molecule has 0 spiro atoms. The van der Waals surface area contributed by atoms with Gasteiger partial charge in [0.25, 0.3) is 0 Å². The van der Waals surface area contributed by atoms with E-state index in [-0.39, 0.29) is 17.7 Å². The highest BCUT2D eigenvalue weighted by Gasteiger charge is 2.25. The molecule has 1 N–H and O–H groups in total. The Balaban J connectivity index is 1.33. The second-order valence-electron chi connectivity index (χ2n) is 7.68. The van der Waals surface area contributed by atoms with Crippen molar-refractivity contribution in [3.63, 3.8) is 0 Å². The predicted octanol–water partition coefficient (Wildman–Crippen LogP) is 3.63. The third kappa shape index (κ3) is 4.69. The number of carbonyl (C=O) groups is 2. The van der Waals surface area contributed by atoms with E-state index in [9.17, 15) is 9.59 Å². The van der Waals surface area contributed by atoms with Crippen LogP contribution in [0.1, 0.15) is 18.1 Å². The number of nitrogens with one attached hydrogen (secondary N) is 1. The number of ketones is 1. The van der Waals surface area contributed by atoms with Crippen molar-refractivity contribution in [3.05, 3.63) is 64.7 Å². The largest absolute Gasteiger partial charge is 0.369 e. The van der Waals surface area contributed by atoms with Crippen LogP contribution in [0.3, 0.4) is 0 Å². The number of benzene rings is 2. The van der Waals surface area contributed by atoms with E-state index in [1.54, 1.807) is 6.08 Å². The Hall–Kier alpha value is -2.63. The Morgan fingerprint density at radius 2 is 1.93 bits per heavy atom. The number of allylic oxidation sites excluding steroid dienone is 1. The van der Waals surface area contributed by atoms with Crippen LogP contribution in [-0.2, 0) is 16.0 Å². The van der Waals surface area contributed by atoms with Crippen molar-refractivity contribution in [2.45, 2.75) is 19.4 Å². The van der Waals surface area contributed by atoms with Crippen LogP contribution in [-0.4, -0.2) is 48.8 Å². The quantitative estimate of drug-likeness (QED) is 0.837. The molecular formula is C23H24ClN3O2. The molecule has 1 fully saturated rings. The maximum atomic E-state index is 12.6. The van der Waals surface area contributed by atoms with Crippen LogP contribution in [0.15, 0.2) is 48.5 Å². The van der Waals surface area contributed by atoms with Gasteiger partial charge in [0.1, 0.15) is 0 Å². The van der Waals surface area contributed by atoms with Gasteiger partial charge in [-0.15, -0.1) is 0 Å². The fourth-order valence-corrected chi connectivity index (χ4v) is 4.05. The van der Waals surface area contributed by atoms with Crippen LogP contribution in [0.2, 0.25) is 5.02 Å². The molecule has 2 aromatic rings. The Morgan fingerprint density at radius 1 is 1.14 bits per heavy atom. The number of carbonyl (C=O) groups excluding carboxylic acids is 2. The molecule has 0 unspecified atom stereocenters. The lowest BCUT2D eigenvalue weighted by Crippen LogP contribution is -2.53.